The summed E-state index contributed by atoms with van der Waals surface area (Å²) >= 11 is 1.46. The van der Waals surface area contributed by atoms with Gasteiger partial charge in [0.1, 0.15) is 6.04 Å². The summed E-state index contributed by atoms with van der Waals surface area (Å²) in [4.78, 5) is 17.3. The molecule has 0 aliphatic carbocycles. The number of anilines is 1. The smallest absolute Gasteiger partial charge is 0.247 e. The van der Waals surface area contributed by atoms with Crippen molar-refractivity contribution in [3.8, 4) is 0 Å². The molecule has 0 saturated heterocycles. The van der Waals surface area contributed by atoms with Gasteiger partial charge in [0.2, 0.25) is 5.91 Å². The van der Waals surface area contributed by atoms with Crippen molar-refractivity contribution in [3.63, 3.8) is 0 Å². The van der Waals surface area contributed by atoms with Crippen molar-refractivity contribution in [2.24, 2.45) is 5.73 Å². The molecule has 1 aromatic carbocycles. The van der Waals surface area contributed by atoms with Crippen molar-refractivity contribution >= 4 is 22.4 Å². The quantitative estimate of drug-likeness (QED) is 0.891. The molecule has 0 aliphatic rings. The van der Waals surface area contributed by atoms with Gasteiger partial charge in [-0.15, -0.1) is 11.3 Å². The number of thiazole rings is 1. The molecule has 1 unspecified atom stereocenters. The number of benzene rings is 1. The summed E-state index contributed by atoms with van der Waals surface area (Å²) in [5.74, 6) is -0.241. The van der Waals surface area contributed by atoms with Gasteiger partial charge in [0, 0.05) is 4.88 Å². The van der Waals surface area contributed by atoms with Crippen molar-refractivity contribution in [3.05, 3.63) is 46.5 Å². The molecule has 0 fully saturated rings. The van der Waals surface area contributed by atoms with Gasteiger partial charge in [-0.05, 0) is 19.4 Å². The Morgan fingerprint density at radius 1 is 1.33 bits per heavy atom. The number of hydrogen-bond donors (Lipinski definition) is 2. The maximum absolute atomic E-state index is 12.0. The monoisotopic (exact) mass is 261 g/mol. The number of hydrogen-bond acceptors (Lipinski definition) is 4. The van der Waals surface area contributed by atoms with E-state index < -0.39 is 6.04 Å². The van der Waals surface area contributed by atoms with E-state index in [1.165, 1.54) is 11.3 Å². The van der Waals surface area contributed by atoms with Crippen molar-refractivity contribution < 1.29 is 4.79 Å². The van der Waals surface area contributed by atoms with Crippen LogP contribution in [0.3, 0.4) is 0 Å². The number of rotatable bonds is 3. The average Bonchev–Trinajstić information content (AvgIpc) is 2.68. The third-order valence-corrected chi connectivity index (χ3v) is 3.69. The molecule has 4 nitrogen and oxygen atoms in total. The second-order valence-corrected chi connectivity index (χ2v) is 5.24. The molecular formula is C13H15N3OS. The zero-order valence-corrected chi connectivity index (χ0v) is 11.1. The minimum Gasteiger partial charge on any atom is -0.316 e. The Hall–Kier alpha value is -1.72. The molecule has 1 heterocycles. The SMILES string of the molecule is Cc1nc(NC(=O)C(N)c2ccccc2)sc1C. The van der Waals surface area contributed by atoms with Crippen LogP contribution >= 0.6 is 11.3 Å². The molecule has 5 heteroatoms. The van der Waals surface area contributed by atoms with Crippen LogP contribution in [-0.4, -0.2) is 10.9 Å². The first-order valence-corrected chi connectivity index (χ1v) is 6.45. The summed E-state index contributed by atoms with van der Waals surface area (Å²) in [6.07, 6.45) is 0. The number of amides is 1. The Balaban J connectivity index is 2.08. The van der Waals surface area contributed by atoms with Gasteiger partial charge < -0.3 is 11.1 Å². The Morgan fingerprint density at radius 3 is 2.56 bits per heavy atom. The van der Waals surface area contributed by atoms with Gasteiger partial charge in [-0.2, -0.15) is 0 Å². The van der Waals surface area contributed by atoms with Gasteiger partial charge in [0.25, 0.3) is 0 Å². The van der Waals surface area contributed by atoms with Gasteiger partial charge in [-0.25, -0.2) is 4.98 Å². The van der Waals surface area contributed by atoms with Crippen LogP contribution in [0.2, 0.25) is 0 Å². The molecule has 0 saturated carbocycles. The van der Waals surface area contributed by atoms with Crippen molar-refractivity contribution in [1.82, 2.24) is 4.98 Å². The van der Waals surface area contributed by atoms with Gasteiger partial charge >= 0.3 is 0 Å². The summed E-state index contributed by atoms with van der Waals surface area (Å²) < 4.78 is 0. The van der Waals surface area contributed by atoms with Crippen LogP contribution in [0.1, 0.15) is 22.2 Å². The van der Waals surface area contributed by atoms with Crippen LogP contribution in [0.25, 0.3) is 0 Å². The molecule has 1 amide bonds. The second kappa shape index (κ2) is 5.29. The third-order valence-electron chi connectivity index (χ3n) is 2.70. The minimum atomic E-state index is -0.671. The zero-order valence-electron chi connectivity index (χ0n) is 10.3. The van der Waals surface area contributed by atoms with Crippen LogP contribution in [0.15, 0.2) is 30.3 Å². The van der Waals surface area contributed by atoms with Gasteiger partial charge in [0.05, 0.1) is 5.69 Å². The molecule has 2 aromatic rings. The zero-order chi connectivity index (χ0) is 13.1. The summed E-state index contributed by atoms with van der Waals surface area (Å²) in [5.41, 5.74) is 7.62. The molecule has 2 rings (SSSR count). The highest BCUT2D eigenvalue weighted by Crippen LogP contribution is 2.22. The fourth-order valence-corrected chi connectivity index (χ4v) is 2.34. The van der Waals surface area contributed by atoms with E-state index in [4.69, 9.17) is 5.73 Å². The largest absolute Gasteiger partial charge is 0.316 e. The standard InChI is InChI=1S/C13H15N3OS/c1-8-9(2)18-13(15-8)16-12(17)11(14)10-6-4-3-5-7-10/h3-7,11H,14H2,1-2H3,(H,15,16,17). The van der Waals surface area contributed by atoms with Crippen molar-refractivity contribution in [2.75, 3.05) is 5.32 Å². The summed E-state index contributed by atoms with van der Waals surface area (Å²) in [6, 6.07) is 8.61. The van der Waals surface area contributed by atoms with E-state index >= 15 is 0 Å². The number of aromatic nitrogens is 1. The van der Waals surface area contributed by atoms with Crippen LogP contribution in [-0.2, 0) is 4.79 Å². The van der Waals surface area contributed by atoms with Gasteiger partial charge in [-0.3, -0.25) is 4.79 Å². The molecule has 1 aromatic heterocycles. The third kappa shape index (κ3) is 2.75. The van der Waals surface area contributed by atoms with E-state index in [0.29, 0.717) is 5.13 Å². The summed E-state index contributed by atoms with van der Waals surface area (Å²) in [5, 5.41) is 3.34. The molecule has 94 valence electrons. The van der Waals surface area contributed by atoms with E-state index in [2.05, 4.69) is 10.3 Å². The Bertz CT molecular complexity index is 531. The van der Waals surface area contributed by atoms with Gasteiger partial charge in [-0.1, -0.05) is 30.3 Å². The fourth-order valence-electron chi connectivity index (χ4n) is 1.52. The molecule has 0 spiro atoms. The highest BCUT2D eigenvalue weighted by atomic mass is 32.1. The normalized spacial score (nSPS) is 12.2. The maximum atomic E-state index is 12.0. The minimum absolute atomic E-state index is 0.241. The Labute approximate surface area is 110 Å². The predicted octanol–water partition coefficient (Wildman–Crippen LogP) is 2.40. The first kappa shape index (κ1) is 12.7. The summed E-state index contributed by atoms with van der Waals surface area (Å²) in [6.45, 7) is 3.89. The number of nitrogens with two attached hydrogens (primary N) is 1. The number of nitrogens with zero attached hydrogens (tertiary/aromatic N) is 1. The molecule has 18 heavy (non-hydrogen) atoms. The van der Waals surface area contributed by atoms with E-state index in [1.54, 1.807) is 0 Å². The number of aryl methyl sites for hydroxylation is 2. The molecule has 0 bridgehead atoms. The molecule has 1 atom stereocenters. The van der Waals surface area contributed by atoms with Crippen LogP contribution in [0.5, 0.6) is 0 Å². The lowest BCUT2D eigenvalue weighted by atomic mass is 10.1. The molecule has 0 aliphatic heterocycles. The maximum Gasteiger partial charge on any atom is 0.247 e. The Morgan fingerprint density at radius 2 is 2.00 bits per heavy atom. The van der Waals surface area contributed by atoms with Crippen LogP contribution < -0.4 is 11.1 Å². The topological polar surface area (TPSA) is 68.0 Å². The highest BCUT2D eigenvalue weighted by Gasteiger charge is 2.17. The summed E-state index contributed by atoms with van der Waals surface area (Å²) in [7, 11) is 0. The van der Waals surface area contributed by atoms with Crippen LogP contribution in [0.4, 0.5) is 5.13 Å². The average molecular weight is 261 g/mol. The van der Waals surface area contributed by atoms with E-state index in [9.17, 15) is 4.79 Å². The second-order valence-electron chi connectivity index (χ2n) is 4.04. The first-order chi connectivity index (χ1) is 8.58. The van der Waals surface area contributed by atoms with E-state index in [-0.39, 0.29) is 5.91 Å². The highest BCUT2D eigenvalue weighted by molar-refractivity contribution is 7.15. The van der Waals surface area contributed by atoms with Gasteiger partial charge in [0.15, 0.2) is 5.13 Å². The lowest BCUT2D eigenvalue weighted by molar-refractivity contribution is -0.117. The molecule has 0 radical (unpaired) electrons. The number of carbonyl (C=O) groups excluding carboxylic acids is 1. The van der Waals surface area contributed by atoms with Crippen molar-refractivity contribution in [1.29, 1.82) is 0 Å². The van der Waals surface area contributed by atoms with Crippen molar-refractivity contribution in [2.45, 2.75) is 19.9 Å². The predicted molar refractivity (Wildman–Crippen MR) is 73.6 cm³/mol. The lowest BCUT2D eigenvalue weighted by Crippen LogP contribution is -2.27. The van der Waals surface area contributed by atoms with E-state index in [1.807, 2.05) is 44.2 Å². The van der Waals surface area contributed by atoms with E-state index in [0.717, 1.165) is 16.1 Å². The number of nitrogens with one attached hydrogen (secondary N) is 1. The Kier molecular flexibility index (Phi) is 3.74. The first-order valence-electron chi connectivity index (χ1n) is 5.63. The number of carbonyl (C=O) groups is 1. The lowest BCUT2D eigenvalue weighted by Gasteiger charge is -2.10. The van der Waals surface area contributed by atoms with Crippen LogP contribution in [0, 0.1) is 13.8 Å². The molecule has 3 N–H and O–H groups in total. The fraction of sp³-hybridized carbons (Fsp3) is 0.231. The molecular weight excluding hydrogens is 246 g/mol.